The van der Waals surface area contributed by atoms with Crippen molar-refractivity contribution >= 4 is 10.8 Å². The van der Waals surface area contributed by atoms with E-state index in [1.54, 1.807) is 0 Å². The average Bonchev–Trinajstić information content (AvgIpc) is 2.71. The molecule has 31 heavy (non-hydrogen) atoms. The minimum Gasteiger partial charge on any atom is -0.507 e. The van der Waals surface area contributed by atoms with Crippen LogP contribution >= 0.6 is 0 Å². The van der Waals surface area contributed by atoms with Gasteiger partial charge in [-0.15, -0.1) is 0 Å². The summed E-state index contributed by atoms with van der Waals surface area (Å²) in [6.45, 7) is 0. The van der Waals surface area contributed by atoms with Crippen molar-refractivity contribution in [2.45, 2.75) is 87.9 Å². The number of rotatable bonds is 2. The molecule has 2 aromatic carbocycles. The Bertz CT molecular complexity index is 1010. The number of hydrogen-bond acceptors (Lipinski definition) is 1. The molecule has 1 heteroatoms. The summed E-state index contributed by atoms with van der Waals surface area (Å²) < 4.78 is 0. The van der Waals surface area contributed by atoms with Crippen LogP contribution in [0.4, 0.5) is 0 Å². The van der Waals surface area contributed by atoms with E-state index in [9.17, 15) is 5.11 Å². The van der Waals surface area contributed by atoms with Crippen LogP contribution in [0.1, 0.15) is 88.2 Å². The quantitative estimate of drug-likeness (QED) is 0.542. The van der Waals surface area contributed by atoms with Crippen LogP contribution in [0.25, 0.3) is 10.8 Å². The molecule has 0 spiro atoms. The van der Waals surface area contributed by atoms with E-state index < -0.39 is 0 Å². The lowest BCUT2D eigenvalue weighted by atomic mass is 9.47. The van der Waals surface area contributed by atoms with Gasteiger partial charge in [0.25, 0.3) is 0 Å². The molecular weight excluding hydrogens is 376 g/mol. The second-order valence-corrected chi connectivity index (χ2v) is 13.3. The van der Waals surface area contributed by atoms with Crippen LogP contribution in [0, 0.1) is 35.5 Å². The van der Waals surface area contributed by atoms with E-state index in [2.05, 4.69) is 30.3 Å². The Morgan fingerprint density at radius 3 is 1.48 bits per heavy atom. The van der Waals surface area contributed by atoms with E-state index in [0.29, 0.717) is 16.6 Å². The highest BCUT2D eigenvalue weighted by atomic mass is 16.3. The third-order valence-corrected chi connectivity index (χ3v) is 11.2. The smallest absolute Gasteiger partial charge is 0.123 e. The maximum Gasteiger partial charge on any atom is 0.123 e. The molecule has 8 aliphatic carbocycles. The van der Waals surface area contributed by atoms with Gasteiger partial charge in [0.15, 0.2) is 0 Å². The predicted octanol–water partition coefficient (Wildman–Crippen LogP) is 7.48. The highest BCUT2D eigenvalue weighted by Gasteiger charge is 2.53. The first-order valence-corrected chi connectivity index (χ1v) is 13.3. The fourth-order valence-corrected chi connectivity index (χ4v) is 10.9. The molecule has 1 nitrogen and oxygen atoms in total. The maximum absolute atomic E-state index is 11.3. The zero-order valence-electron chi connectivity index (χ0n) is 18.8. The van der Waals surface area contributed by atoms with E-state index >= 15 is 0 Å². The maximum atomic E-state index is 11.3. The van der Waals surface area contributed by atoms with Gasteiger partial charge in [-0.2, -0.15) is 0 Å². The van der Waals surface area contributed by atoms with Gasteiger partial charge in [0.2, 0.25) is 0 Å². The first-order valence-electron chi connectivity index (χ1n) is 13.3. The SMILES string of the molecule is Oc1cc(C23CC4CC(CC(C4)C2)C3)cc2ccc(C34CC5CC(CC(C5)C3)C4)cc12. The molecule has 8 saturated carbocycles. The fraction of sp³-hybridized carbons (Fsp3) is 0.667. The van der Waals surface area contributed by atoms with Gasteiger partial charge in [0.1, 0.15) is 5.75 Å². The van der Waals surface area contributed by atoms with Gasteiger partial charge >= 0.3 is 0 Å². The van der Waals surface area contributed by atoms with Crippen LogP contribution in [0.3, 0.4) is 0 Å². The lowest BCUT2D eigenvalue weighted by Crippen LogP contribution is -2.48. The Balaban J connectivity index is 1.20. The zero-order chi connectivity index (χ0) is 20.4. The van der Waals surface area contributed by atoms with E-state index in [4.69, 9.17) is 0 Å². The van der Waals surface area contributed by atoms with Crippen LogP contribution in [0.15, 0.2) is 30.3 Å². The van der Waals surface area contributed by atoms with Gasteiger partial charge in [0.05, 0.1) is 0 Å². The standard InChI is InChI=1S/C30H36O/c31-28-11-26(30-15-21-6-22(16-30)8-23(7-21)17-30)9-24-1-2-25(10-27(24)28)29-12-18-3-19(13-29)5-20(4-18)14-29/h1-2,9-11,18-23,31H,3-8,12-17H2. The molecule has 0 saturated heterocycles. The highest BCUT2D eigenvalue weighted by Crippen LogP contribution is 2.62. The largest absolute Gasteiger partial charge is 0.507 e. The summed E-state index contributed by atoms with van der Waals surface area (Å²) in [5.74, 6) is 6.29. The summed E-state index contributed by atoms with van der Waals surface area (Å²) in [5, 5.41) is 13.6. The van der Waals surface area contributed by atoms with Crippen molar-refractivity contribution in [2.75, 3.05) is 0 Å². The third-order valence-electron chi connectivity index (χ3n) is 11.2. The Hall–Kier alpha value is -1.50. The molecule has 10 rings (SSSR count). The Morgan fingerprint density at radius 1 is 0.548 bits per heavy atom. The lowest BCUT2D eigenvalue weighted by Gasteiger charge is -2.57. The van der Waals surface area contributed by atoms with Crippen molar-refractivity contribution in [2.24, 2.45) is 35.5 Å². The van der Waals surface area contributed by atoms with Gasteiger partial charge in [-0.05, 0) is 152 Å². The molecule has 0 amide bonds. The van der Waals surface area contributed by atoms with Crippen LogP contribution < -0.4 is 0 Å². The Morgan fingerprint density at radius 2 is 1.00 bits per heavy atom. The molecule has 0 aromatic heterocycles. The number of phenolic OH excluding ortho intramolecular Hbond substituents is 1. The minimum absolute atomic E-state index is 0.360. The summed E-state index contributed by atoms with van der Waals surface area (Å²) in [7, 11) is 0. The van der Waals surface area contributed by atoms with Crippen molar-refractivity contribution < 1.29 is 5.11 Å². The average molecular weight is 413 g/mol. The van der Waals surface area contributed by atoms with Crippen LogP contribution in [0.2, 0.25) is 0 Å². The molecule has 8 aliphatic rings. The van der Waals surface area contributed by atoms with Gasteiger partial charge in [-0.3, -0.25) is 0 Å². The number of benzene rings is 2. The van der Waals surface area contributed by atoms with Crippen molar-refractivity contribution in [3.05, 3.63) is 41.5 Å². The van der Waals surface area contributed by atoms with Crippen molar-refractivity contribution in [3.63, 3.8) is 0 Å². The summed E-state index contributed by atoms with van der Waals surface area (Å²) in [6.07, 6.45) is 17.2. The number of fused-ring (bicyclic) bond motifs is 1. The molecule has 0 radical (unpaired) electrons. The van der Waals surface area contributed by atoms with Crippen molar-refractivity contribution in [1.82, 2.24) is 0 Å². The summed E-state index contributed by atoms with van der Waals surface area (Å²) in [4.78, 5) is 0. The first-order chi connectivity index (χ1) is 15.1. The number of phenols is 1. The molecular formula is C30H36O. The minimum atomic E-state index is 0.360. The van der Waals surface area contributed by atoms with Crippen LogP contribution in [-0.2, 0) is 10.8 Å². The normalized spacial score (nSPS) is 46.8. The van der Waals surface area contributed by atoms with Gasteiger partial charge in [-0.25, -0.2) is 0 Å². The van der Waals surface area contributed by atoms with E-state index in [1.807, 2.05) is 0 Å². The lowest BCUT2D eigenvalue weighted by molar-refractivity contribution is -0.00542. The van der Waals surface area contributed by atoms with Crippen molar-refractivity contribution in [3.8, 4) is 5.75 Å². The number of aromatic hydroxyl groups is 1. The van der Waals surface area contributed by atoms with Crippen molar-refractivity contribution in [1.29, 1.82) is 0 Å². The van der Waals surface area contributed by atoms with E-state index in [-0.39, 0.29) is 0 Å². The molecule has 1 N–H and O–H groups in total. The summed E-state index contributed by atoms with van der Waals surface area (Å²) >= 11 is 0. The molecule has 162 valence electrons. The van der Waals surface area contributed by atoms with Gasteiger partial charge in [0, 0.05) is 5.39 Å². The monoisotopic (exact) mass is 412 g/mol. The molecule has 0 atom stereocenters. The zero-order valence-corrected chi connectivity index (χ0v) is 18.8. The van der Waals surface area contributed by atoms with Gasteiger partial charge < -0.3 is 5.11 Å². The highest BCUT2D eigenvalue weighted by molar-refractivity contribution is 5.90. The summed E-state index contributed by atoms with van der Waals surface area (Å²) in [5.41, 5.74) is 3.77. The van der Waals surface area contributed by atoms with Gasteiger partial charge in [-0.1, -0.05) is 18.2 Å². The molecule has 8 fully saturated rings. The Labute approximate surface area is 186 Å². The van der Waals surface area contributed by atoms with Crippen LogP contribution in [0.5, 0.6) is 5.75 Å². The second-order valence-electron chi connectivity index (χ2n) is 13.3. The van der Waals surface area contributed by atoms with E-state index in [0.717, 1.165) is 40.9 Å². The topological polar surface area (TPSA) is 20.2 Å². The van der Waals surface area contributed by atoms with E-state index in [1.165, 1.54) is 93.6 Å². The molecule has 0 aliphatic heterocycles. The Kier molecular flexibility index (Phi) is 3.42. The molecule has 2 aromatic rings. The molecule has 8 bridgehead atoms. The summed E-state index contributed by atoms with van der Waals surface area (Å²) in [6, 6.07) is 11.9. The molecule has 0 heterocycles. The third kappa shape index (κ3) is 2.50. The molecule has 0 unspecified atom stereocenters. The predicted molar refractivity (Wildman–Crippen MR) is 125 cm³/mol. The fourth-order valence-electron chi connectivity index (χ4n) is 10.9. The van der Waals surface area contributed by atoms with Crippen LogP contribution in [-0.4, -0.2) is 5.11 Å². The second kappa shape index (κ2) is 5.89. The first kappa shape index (κ1) is 18.0. The number of hydrogen-bond donors (Lipinski definition) is 1.